The number of carbonyl (C=O) groups excluding carboxylic acids is 1. The molecule has 104 valence electrons. The molecule has 0 spiro atoms. The van der Waals surface area contributed by atoms with Gasteiger partial charge >= 0.3 is 0 Å². The fourth-order valence-corrected chi connectivity index (χ4v) is 1.47. The molecule has 1 aromatic heterocycles. The Hall–Kier alpha value is -2.77. The normalized spacial score (nSPS) is 10.6. The Morgan fingerprint density at radius 1 is 1.45 bits per heavy atom. The monoisotopic (exact) mass is 275 g/mol. The predicted octanol–water partition coefficient (Wildman–Crippen LogP) is 1.97. The summed E-state index contributed by atoms with van der Waals surface area (Å²) in [4.78, 5) is 25.8. The summed E-state index contributed by atoms with van der Waals surface area (Å²) in [5, 5.41) is 19.7. The minimum atomic E-state index is -0.485. The Morgan fingerprint density at radius 2 is 2.20 bits per heavy atom. The number of nitrogens with zero attached hydrogens (tertiary/aromatic N) is 3. The number of hydrogen-bond donors (Lipinski definition) is 2. The summed E-state index contributed by atoms with van der Waals surface area (Å²) in [5.41, 5.74) is 0.489. The maximum atomic E-state index is 11.5. The van der Waals surface area contributed by atoms with Crippen LogP contribution in [0.5, 0.6) is 0 Å². The molecule has 0 saturated carbocycles. The van der Waals surface area contributed by atoms with Gasteiger partial charge in [-0.2, -0.15) is 4.98 Å². The van der Waals surface area contributed by atoms with E-state index in [1.807, 2.05) is 0 Å². The molecular formula is C12H13N5O3. The van der Waals surface area contributed by atoms with Crippen molar-refractivity contribution in [1.29, 1.82) is 0 Å². The number of aromatic nitrogens is 3. The van der Waals surface area contributed by atoms with Crippen LogP contribution in [0, 0.1) is 16.0 Å². The molecule has 8 nitrogen and oxygen atoms in total. The van der Waals surface area contributed by atoms with Crippen molar-refractivity contribution in [3.05, 3.63) is 34.4 Å². The molecule has 20 heavy (non-hydrogen) atoms. The van der Waals surface area contributed by atoms with Crippen molar-refractivity contribution in [2.75, 3.05) is 5.32 Å². The number of rotatable bonds is 4. The highest BCUT2D eigenvalue weighted by atomic mass is 16.6. The first-order valence-corrected chi connectivity index (χ1v) is 5.95. The quantitative estimate of drug-likeness (QED) is 0.654. The number of nitro groups is 1. The fraction of sp³-hybridized carbons (Fsp3) is 0.250. The van der Waals surface area contributed by atoms with Crippen molar-refractivity contribution < 1.29 is 9.72 Å². The smallest absolute Gasteiger partial charge is 0.270 e. The van der Waals surface area contributed by atoms with E-state index >= 15 is 0 Å². The molecule has 0 aliphatic rings. The van der Waals surface area contributed by atoms with Crippen molar-refractivity contribution in [1.82, 2.24) is 15.2 Å². The molecule has 0 fully saturated rings. The molecule has 1 heterocycles. The number of non-ortho nitro benzene ring substituents is 1. The molecule has 2 aromatic rings. The van der Waals surface area contributed by atoms with Crippen LogP contribution in [-0.2, 0) is 4.79 Å². The Balaban J connectivity index is 2.22. The molecule has 0 bridgehead atoms. The number of aromatic amines is 1. The van der Waals surface area contributed by atoms with E-state index in [0.717, 1.165) is 0 Å². The third-order valence-corrected chi connectivity index (χ3v) is 2.58. The van der Waals surface area contributed by atoms with Crippen molar-refractivity contribution in [3.63, 3.8) is 0 Å². The summed E-state index contributed by atoms with van der Waals surface area (Å²) in [5.74, 6) is 0.113. The van der Waals surface area contributed by atoms with Crippen LogP contribution in [0.1, 0.15) is 13.8 Å². The maximum Gasteiger partial charge on any atom is 0.270 e. The van der Waals surface area contributed by atoms with Crippen LogP contribution in [0.15, 0.2) is 24.3 Å². The number of carbonyl (C=O) groups is 1. The topological polar surface area (TPSA) is 114 Å². The first-order valence-electron chi connectivity index (χ1n) is 5.95. The van der Waals surface area contributed by atoms with Gasteiger partial charge in [0.25, 0.3) is 5.69 Å². The first-order chi connectivity index (χ1) is 9.47. The SMILES string of the molecule is CC(C)C(=O)Nc1n[nH]c(-c2cccc([N+](=O)[O-])c2)n1. The lowest BCUT2D eigenvalue weighted by molar-refractivity contribution is -0.384. The summed E-state index contributed by atoms with van der Waals surface area (Å²) in [6.45, 7) is 3.51. The first kappa shape index (κ1) is 13.7. The van der Waals surface area contributed by atoms with Crippen LogP contribution in [-0.4, -0.2) is 26.0 Å². The number of hydrogen-bond acceptors (Lipinski definition) is 5. The highest BCUT2D eigenvalue weighted by molar-refractivity contribution is 5.90. The molecule has 0 unspecified atom stereocenters. The summed E-state index contributed by atoms with van der Waals surface area (Å²) in [6, 6.07) is 6.00. The van der Waals surface area contributed by atoms with Gasteiger partial charge < -0.3 is 0 Å². The lowest BCUT2D eigenvalue weighted by atomic mass is 10.2. The molecule has 0 aliphatic heterocycles. The summed E-state index contributed by atoms with van der Waals surface area (Å²) in [7, 11) is 0. The van der Waals surface area contributed by atoms with Crippen molar-refractivity contribution in [2.45, 2.75) is 13.8 Å². The molecule has 0 aliphatic carbocycles. The van der Waals surface area contributed by atoms with E-state index in [2.05, 4.69) is 20.5 Å². The Morgan fingerprint density at radius 3 is 2.85 bits per heavy atom. The van der Waals surface area contributed by atoms with Gasteiger partial charge in [-0.15, -0.1) is 5.10 Å². The number of benzene rings is 1. The molecule has 0 atom stereocenters. The number of nitrogens with one attached hydrogen (secondary N) is 2. The largest absolute Gasteiger partial charge is 0.293 e. The molecule has 8 heteroatoms. The van der Waals surface area contributed by atoms with E-state index in [4.69, 9.17) is 0 Å². The summed E-state index contributed by atoms with van der Waals surface area (Å²) < 4.78 is 0. The summed E-state index contributed by atoms with van der Waals surface area (Å²) >= 11 is 0. The Labute approximate surface area is 114 Å². The highest BCUT2D eigenvalue weighted by Gasteiger charge is 2.13. The second-order valence-electron chi connectivity index (χ2n) is 4.46. The van der Waals surface area contributed by atoms with E-state index in [0.29, 0.717) is 11.4 Å². The molecular weight excluding hydrogens is 262 g/mol. The number of nitro benzene ring substituents is 1. The van der Waals surface area contributed by atoms with Gasteiger partial charge in [0.15, 0.2) is 5.82 Å². The molecule has 1 aromatic carbocycles. The van der Waals surface area contributed by atoms with Crippen LogP contribution < -0.4 is 5.32 Å². The fourth-order valence-electron chi connectivity index (χ4n) is 1.47. The molecule has 0 radical (unpaired) electrons. The van der Waals surface area contributed by atoms with E-state index in [-0.39, 0.29) is 23.5 Å². The average molecular weight is 275 g/mol. The van der Waals surface area contributed by atoms with Gasteiger partial charge in [0, 0.05) is 23.6 Å². The third-order valence-electron chi connectivity index (χ3n) is 2.58. The van der Waals surface area contributed by atoms with Crippen molar-refractivity contribution in [2.24, 2.45) is 5.92 Å². The van der Waals surface area contributed by atoms with Crippen molar-refractivity contribution >= 4 is 17.5 Å². The number of amides is 1. The van der Waals surface area contributed by atoms with Crippen LogP contribution in [0.4, 0.5) is 11.6 Å². The zero-order valence-electron chi connectivity index (χ0n) is 11.0. The zero-order chi connectivity index (χ0) is 14.7. The molecule has 1 amide bonds. The Bertz CT molecular complexity index is 650. The highest BCUT2D eigenvalue weighted by Crippen LogP contribution is 2.21. The second kappa shape index (κ2) is 5.47. The van der Waals surface area contributed by atoms with Crippen LogP contribution in [0.25, 0.3) is 11.4 Å². The lowest BCUT2D eigenvalue weighted by Crippen LogP contribution is -2.18. The molecule has 2 rings (SSSR count). The van der Waals surface area contributed by atoms with Gasteiger partial charge in [0.1, 0.15) is 0 Å². The minimum Gasteiger partial charge on any atom is -0.293 e. The average Bonchev–Trinajstić information content (AvgIpc) is 2.87. The minimum absolute atomic E-state index is 0.0355. The van der Waals surface area contributed by atoms with E-state index in [1.54, 1.807) is 26.0 Å². The zero-order valence-corrected chi connectivity index (χ0v) is 11.0. The van der Waals surface area contributed by atoms with E-state index in [1.165, 1.54) is 12.1 Å². The van der Waals surface area contributed by atoms with Crippen LogP contribution >= 0.6 is 0 Å². The predicted molar refractivity (Wildman–Crippen MR) is 71.9 cm³/mol. The summed E-state index contributed by atoms with van der Waals surface area (Å²) in [6.07, 6.45) is 0. The lowest BCUT2D eigenvalue weighted by Gasteiger charge is -2.02. The number of anilines is 1. The molecule has 0 saturated heterocycles. The van der Waals surface area contributed by atoms with E-state index in [9.17, 15) is 14.9 Å². The molecule has 2 N–H and O–H groups in total. The second-order valence-corrected chi connectivity index (χ2v) is 4.46. The van der Waals surface area contributed by atoms with Gasteiger partial charge in [0.05, 0.1) is 4.92 Å². The number of H-pyrrole nitrogens is 1. The van der Waals surface area contributed by atoms with Gasteiger partial charge in [0.2, 0.25) is 11.9 Å². The van der Waals surface area contributed by atoms with Gasteiger partial charge in [-0.3, -0.25) is 25.3 Å². The standard InChI is InChI=1S/C12H13N5O3/c1-7(2)11(18)14-12-13-10(15-16-12)8-4-3-5-9(6-8)17(19)20/h3-7H,1-2H3,(H2,13,14,15,16,18). The third kappa shape index (κ3) is 2.97. The van der Waals surface area contributed by atoms with Crippen LogP contribution in [0.2, 0.25) is 0 Å². The van der Waals surface area contributed by atoms with Gasteiger partial charge in [-0.25, -0.2) is 0 Å². The van der Waals surface area contributed by atoms with Crippen molar-refractivity contribution in [3.8, 4) is 11.4 Å². The van der Waals surface area contributed by atoms with Crippen LogP contribution in [0.3, 0.4) is 0 Å². The Kier molecular flexibility index (Phi) is 3.74. The maximum absolute atomic E-state index is 11.5. The van der Waals surface area contributed by atoms with E-state index < -0.39 is 4.92 Å². The van der Waals surface area contributed by atoms with Gasteiger partial charge in [-0.05, 0) is 0 Å². The van der Waals surface area contributed by atoms with Gasteiger partial charge in [-0.1, -0.05) is 26.0 Å².